The van der Waals surface area contributed by atoms with Gasteiger partial charge in [-0.3, -0.25) is 14.2 Å². The second-order valence-electron chi connectivity index (χ2n) is 5.51. The van der Waals surface area contributed by atoms with Gasteiger partial charge in [0.15, 0.2) is 5.16 Å². The maximum atomic E-state index is 12.4. The average Bonchev–Trinajstić information content (AvgIpc) is 2.87. The van der Waals surface area contributed by atoms with Crippen LogP contribution in [0.4, 0.5) is 5.69 Å². The number of nitrogens with zero attached hydrogens (tertiary/aromatic N) is 2. The topological polar surface area (TPSA) is 64.0 Å². The maximum Gasteiger partial charge on any atom is 0.257 e. The zero-order chi connectivity index (χ0) is 16.6. The summed E-state index contributed by atoms with van der Waals surface area (Å²) in [6.45, 7) is 3.60. The minimum Gasteiger partial charge on any atom is -0.326 e. The number of hydrogen-bond donors (Lipinski definition) is 1. The molecule has 2 heterocycles. The molecule has 0 bridgehead atoms. The minimum atomic E-state index is -0.173. The summed E-state index contributed by atoms with van der Waals surface area (Å²) in [5, 5.41) is 4.08. The summed E-state index contributed by atoms with van der Waals surface area (Å²) < 4.78 is 1.64. The molecule has 5 nitrogen and oxygen atoms in total. The predicted molar refractivity (Wildman–Crippen MR) is 92.4 cm³/mol. The Balaban J connectivity index is 1.77. The van der Waals surface area contributed by atoms with Crippen molar-refractivity contribution < 1.29 is 4.79 Å². The Morgan fingerprint density at radius 2 is 2.26 bits per heavy atom. The van der Waals surface area contributed by atoms with Crippen LogP contribution in [0.5, 0.6) is 0 Å². The van der Waals surface area contributed by atoms with Crippen LogP contribution in [0.1, 0.15) is 23.7 Å². The Kier molecular flexibility index (Phi) is 4.46. The van der Waals surface area contributed by atoms with E-state index in [4.69, 9.17) is 11.6 Å². The first kappa shape index (κ1) is 16.1. The van der Waals surface area contributed by atoms with E-state index in [2.05, 4.69) is 10.3 Å². The molecule has 1 aliphatic heterocycles. The molecular weight excluding hydrogens is 334 g/mol. The van der Waals surface area contributed by atoms with Crippen LogP contribution in [0.2, 0.25) is 5.02 Å². The van der Waals surface area contributed by atoms with Crippen molar-refractivity contribution in [1.29, 1.82) is 0 Å². The number of benzene rings is 1. The molecule has 2 aromatic rings. The molecule has 23 heavy (non-hydrogen) atoms. The molecular formula is C16H16ClN3O2S. The van der Waals surface area contributed by atoms with Crippen molar-refractivity contribution in [2.75, 3.05) is 11.1 Å². The molecule has 0 spiro atoms. The maximum absolute atomic E-state index is 12.4. The summed E-state index contributed by atoms with van der Waals surface area (Å²) in [6.07, 6.45) is 0.233. The van der Waals surface area contributed by atoms with Crippen LogP contribution in [0.25, 0.3) is 0 Å². The molecule has 120 valence electrons. The van der Waals surface area contributed by atoms with Crippen molar-refractivity contribution >= 4 is 35.0 Å². The summed E-state index contributed by atoms with van der Waals surface area (Å²) in [5.41, 5.74) is 1.98. The van der Waals surface area contributed by atoms with E-state index < -0.39 is 0 Å². The normalized spacial score (nSPS) is 16.2. The highest BCUT2D eigenvalue weighted by Crippen LogP contribution is 2.32. The number of nitrogens with one attached hydrogen (secondary N) is 1. The van der Waals surface area contributed by atoms with E-state index in [1.165, 1.54) is 11.8 Å². The number of fused-ring (bicyclic) bond motifs is 1. The van der Waals surface area contributed by atoms with E-state index in [-0.39, 0.29) is 23.9 Å². The summed E-state index contributed by atoms with van der Waals surface area (Å²) in [5.74, 6) is 0.532. The van der Waals surface area contributed by atoms with Crippen molar-refractivity contribution in [3.63, 3.8) is 0 Å². The van der Waals surface area contributed by atoms with Gasteiger partial charge in [0.1, 0.15) is 0 Å². The van der Waals surface area contributed by atoms with E-state index in [0.29, 0.717) is 27.2 Å². The van der Waals surface area contributed by atoms with Crippen LogP contribution in [0, 0.1) is 13.8 Å². The number of aromatic nitrogens is 2. The van der Waals surface area contributed by atoms with Crippen LogP contribution < -0.4 is 10.9 Å². The number of anilines is 1. The van der Waals surface area contributed by atoms with Crippen LogP contribution in [0.15, 0.2) is 34.2 Å². The van der Waals surface area contributed by atoms with Gasteiger partial charge in [-0.1, -0.05) is 29.4 Å². The third-order valence-electron chi connectivity index (χ3n) is 3.85. The van der Waals surface area contributed by atoms with Gasteiger partial charge >= 0.3 is 0 Å². The van der Waals surface area contributed by atoms with Crippen molar-refractivity contribution in [2.45, 2.75) is 31.5 Å². The number of aryl methyl sites for hydroxylation is 1. The Morgan fingerprint density at radius 3 is 3.00 bits per heavy atom. The van der Waals surface area contributed by atoms with E-state index in [9.17, 15) is 9.59 Å². The molecule has 0 radical (unpaired) electrons. The SMILES string of the molecule is Cc1nc2n(c(=O)c1C)C(CC(=O)Nc1cccc(Cl)c1)CS2. The molecule has 1 aromatic carbocycles. The Labute approximate surface area is 143 Å². The van der Waals surface area contributed by atoms with Crippen molar-refractivity contribution in [3.8, 4) is 0 Å². The van der Waals surface area contributed by atoms with Gasteiger partial charge in [-0.05, 0) is 32.0 Å². The molecule has 0 aliphatic carbocycles. The van der Waals surface area contributed by atoms with Crippen LogP contribution in [-0.2, 0) is 4.79 Å². The third kappa shape index (κ3) is 3.28. The van der Waals surface area contributed by atoms with Crippen molar-refractivity contribution in [3.05, 3.63) is 50.9 Å². The highest BCUT2D eigenvalue weighted by atomic mass is 35.5. The Hall–Kier alpha value is -1.79. The van der Waals surface area contributed by atoms with Gasteiger partial charge in [0, 0.05) is 34.1 Å². The van der Waals surface area contributed by atoms with Crippen molar-refractivity contribution in [1.82, 2.24) is 9.55 Å². The molecule has 1 amide bonds. The number of carbonyl (C=O) groups excluding carboxylic acids is 1. The van der Waals surface area contributed by atoms with Crippen LogP contribution in [0.3, 0.4) is 0 Å². The highest BCUT2D eigenvalue weighted by molar-refractivity contribution is 7.99. The van der Waals surface area contributed by atoms with Gasteiger partial charge < -0.3 is 5.32 Å². The number of halogens is 1. The van der Waals surface area contributed by atoms with Crippen molar-refractivity contribution in [2.24, 2.45) is 0 Å². The fraction of sp³-hybridized carbons (Fsp3) is 0.312. The number of hydrogen-bond acceptors (Lipinski definition) is 4. The monoisotopic (exact) mass is 349 g/mol. The molecule has 0 fully saturated rings. The molecule has 0 saturated heterocycles. The van der Waals surface area contributed by atoms with Gasteiger partial charge in [0.2, 0.25) is 5.91 Å². The lowest BCUT2D eigenvalue weighted by atomic mass is 10.2. The standard InChI is InChI=1S/C16H16ClN3O2S/c1-9-10(2)18-16-20(15(9)22)13(8-23-16)7-14(21)19-12-5-3-4-11(17)6-12/h3-6,13H,7-8H2,1-2H3,(H,19,21). The van der Waals surface area contributed by atoms with Gasteiger partial charge in [-0.15, -0.1) is 0 Å². The van der Waals surface area contributed by atoms with Gasteiger partial charge in [-0.25, -0.2) is 4.98 Å². The lowest BCUT2D eigenvalue weighted by Crippen LogP contribution is -2.29. The average molecular weight is 350 g/mol. The fourth-order valence-electron chi connectivity index (χ4n) is 2.52. The van der Waals surface area contributed by atoms with Gasteiger partial charge in [-0.2, -0.15) is 0 Å². The summed E-state index contributed by atoms with van der Waals surface area (Å²) in [6, 6.07) is 6.82. The molecule has 1 atom stereocenters. The van der Waals surface area contributed by atoms with E-state index in [1.807, 2.05) is 6.92 Å². The summed E-state index contributed by atoms with van der Waals surface area (Å²) in [4.78, 5) is 29.1. The predicted octanol–water partition coefficient (Wildman–Crippen LogP) is 3.19. The Bertz CT molecular complexity index is 835. The number of carbonyl (C=O) groups is 1. The first-order valence-corrected chi connectivity index (χ1v) is 8.60. The van der Waals surface area contributed by atoms with Gasteiger partial charge in [0.25, 0.3) is 5.56 Å². The smallest absolute Gasteiger partial charge is 0.257 e. The first-order chi connectivity index (χ1) is 11.0. The lowest BCUT2D eigenvalue weighted by Gasteiger charge is -2.14. The molecule has 7 heteroatoms. The second-order valence-corrected chi connectivity index (χ2v) is 6.93. The second kappa shape index (κ2) is 6.37. The van der Waals surface area contributed by atoms with Crippen LogP contribution in [-0.4, -0.2) is 21.2 Å². The molecule has 0 saturated carbocycles. The fourth-order valence-corrected chi connectivity index (χ4v) is 3.89. The quantitative estimate of drug-likeness (QED) is 0.864. The molecule has 1 unspecified atom stereocenters. The van der Waals surface area contributed by atoms with Crippen LogP contribution >= 0.6 is 23.4 Å². The molecule has 3 rings (SSSR count). The van der Waals surface area contributed by atoms with Gasteiger partial charge in [0.05, 0.1) is 6.04 Å². The first-order valence-electron chi connectivity index (χ1n) is 7.23. The minimum absolute atomic E-state index is 0.0574. The van der Waals surface area contributed by atoms with E-state index in [0.717, 1.165) is 5.69 Å². The number of rotatable bonds is 3. The molecule has 1 aliphatic rings. The lowest BCUT2D eigenvalue weighted by molar-refractivity contribution is -0.116. The largest absolute Gasteiger partial charge is 0.326 e. The number of amides is 1. The Morgan fingerprint density at radius 1 is 1.48 bits per heavy atom. The summed E-state index contributed by atoms with van der Waals surface area (Å²) >= 11 is 7.42. The zero-order valence-corrected chi connectivity index (χ0v) is 14.4. The highest BCUT2D eigenvalue weighted by Gasteiger charge is 2.28. The summed E-state index contributed by atoms with van der Waals surface area (Å²) in [7, 11) is 0. The zero-order valence-electron chi connectivity index (χ0n) is 12.8. The third-order valence-corrected chi connectivity index (χ3v) is 5.18. The molecule has 1 aromatic heterocycles. The number of thioether (sulfide) groups is 1. The van der Waals surface area contributed by atoms with E-state index in [1.54, 1.807) is 35.8 Å². The molecule has 1 N–H and O–H groups in total. The van der Waals surface area contributed by atoms with E-state index >= 15 is 0 Å².